The average molecular weight is 484 g/mol. The third kappa shape index (κ3) is 6.15. The van der Waals surface area contributed by atoms with Gasteiger partial charge in [0.05, 0.1) is 5.69 Å². The molecule has 0 aliphatic heterocycles. The van der Waals surface area contributed by atoms with Crippen LogP contribution in [0, 0.1) is 6.92 Å². The van der Waals surface area contributed by atoms with Crippen LogP contribution in [0.3, 0.4) is 0 Å². The SMILES string of the molecule is C=CC(F)(F)c1ccc(-c2nc(C(C)(C)C)c(C(C)Oc3ccc(CCC(=O)O)c(C)c3)o2)cc1. The van der Waals surface area contributed by atoms with E-state index in [-0.39, 0.29) is 17.4 Å². The predicted octanol–water partition coefficient (Wildman–Crippen LogP) is 7.38. The molecule has 0 aliphatic rings. The summed E-state index contributed by atoms with van der Waals surface area (Å²) in [5.74, 6) is -2.43. The molecule has 0 saturated carbocycles. The zero-order chi connectivity index (χ0) is 26.0. The first-order chi connectivity index (χ1) is 16.3. The van der Waals surface area contributed by atoms with Crippen molar-refractivity contribution in [3.8, 4) is 17.2 Å². The number of aliphatic carboxylic acids is 1. The van der Waals surface area contributed by atoms with Gasteiger partial charge in [0.1, 0.15) is 5.75 Å². The molecule has 1 aromatic heterocycles. The van der Waals surface area contributed by atoms with Gasteiger partial charge in [0.2, 0.25) is 5.89 Å². The van der Waals surface area contributed by atoms with Crippen LogP contribution in [0.1, 0.15) is 68.4 Å². The number of hydrogen-bond donors (Lipinski definition) is 1. The second-order valence-corrected chi connectivity index (χ2v) is 9.63. The lowest BCUT2D eigenvalue weighted by Crippen LogP contribution is -2.17. The maximum Gasteiger partial charge on any atom is 0.303 e. The minimum atomic E-state index is -3.11. The Hall–Kier alpha value is -3.48. The predicted molar refractivity (Wildman–Crippen MR) is 131 cm³/mol. The summed E-state index contributed by atoms with van der Waals surface area (Å²) in [6.07, 6.45) is 0.662. The summed E-state index contributed by atoms with van der Waals surface area (Å²) in [6.45, 7) is 13.0. The molecule has 1 unspecified atom stereocenters. The van der Waals surface area contributed by atoms with Gasteiger partial charge in [-0.05, 0) is 61.7 Å². The number of allylic oxidation sites excluding steroid dienone is 1. The zero-order valence-corrected chi connectivity index (χ0v) is 20.7. The number of carboxylic acid groups (broad SMARTS) is 1. The highest BCUT2D eigenvalue weighted by molar-refractivity contribution is 5.67. The van der Waals surface area contributed by atoms with Gasteiger partial charge < -0.3 is 14.3 Å². The van der Waals surface area contributed by atoms with Gasteiger partial charge in [-0.25, -0.2) is 4.98 Å². The Balaban J connectivity index is 1.88. The van der Waals surface area contributed by atoms with Crippen molar-refractivity contribution in [2.75, 3.05) is 0 Å². The van der Waals surface area contributed by atoms with Crippen LogP contribution in [0.4, 0.5) is 8.78 Å². The van der Waals surface area contributed by atoms with E-state index in [1.54, 1.807) is 12.1 Å². The Bertz CT molecular complexity index is 1210. The number of nitrogens with zero attached hydrogens (tertiary/aromatic N) is 1. The first-order valence-corrected chi connectivity index (χ1v) is 11.4. The zero-order valence-electron chi connectivity index (χ0n) is 20.7. The molecule has 7 heteroatoms. The van der Waals surface area contributed by atoms with E-state index >= 15 is 0 Å². The number of rotatable bonds is 9. The van der Waals surface area contributed by atoms with Crippen LogP contribution in [0.15, 0.2) is 59.5 Å². The summed E-state index contributed by atoms with van der Waals surface area (Å²) < 4.78 is 40.1. The minimum Gasteiger partial charge on any atom is -0.483 e. The molecule has 1 atom stereocenters. The Labute approximate surface area is 204 Å². The molecule has 3 rings (SSSR count). The third-order valence-electron chi connectivity index (χ3n) is 5.74. The first-order valence-electron chi connectivity index (χ1n) is 11.4. The maximum absolute atomic E-state index is 13.9. The topological polar surface area (TPSA) is 72.6 Å². The first kappa shape index (κ1) is 26.1. The number of carbonyl (C=O) groups is 1. The Morgan fingerprint density at radius 3 is 2.40 bits per heavy atom. The van der Waals surface area contributed by atoms with Crippen LogP contribution in [0.2, 0.25) is 0 Å². The second kappa shape index (κ2) is 10.0. The van der Waals surface area contributed by atoms with E-state index in [2.05, 4.69) is 11.6 Å². The molecule has 0 saturated heterocycles. The van der Waals surface area contributed by atoms with Crippen LogP contribution < -0.4 is 4.74 Å². The van der Waals surface area contributed by atoms with Crippen molar-refractivity contribution in [3.63, 3.8) is 0 Å². The number of aryl methyl sites for hydroxylation is 2. The van der Waals surface area contributed by atoms with Crippen molar-refractivity contribution in [2.45, 2.75) is 64.9 Å². The van der Waals surface area contributed by atoms with Gasteiger partial charge in [-0.3, -0.25) is 4.79 Å². The van der Waals surface area contributed by atoms with E-state index in [0.29, 0.717) is 35.5 Å². The molecule has 35 heavy (non-hydrogen) atoms. The largest absolute Gasteiger partial charge is 0.483 e. The smallest absolute Gasteiger partial charge is 0.303 e. The molecule has 0 radical (unpaired) electrons. The monoisotopic (exact) mass is 483 g/mol. The van der Waals surface area contributed by atoms with Gasteiger partial charge in [0.25, 0.3) is 5.92 Å². The van der Waals surface area contributed by atoms with Crippen molar-refractivity contribution in [1.82, 2.24) is 4.98 Å². The van der Waals surface area contributed by atoms with E-state index < -0.39 is 18.0 Å². The fourth-order valence-corrected chi connectivity index (χ4v) is 3.74. The normalized spacial score (nSPS) is 12.9. The van der Waals surface area contributed by atoms with E-state index in [4.69, 9.17) is 14.3 Å². The number of aromatic nitrogens is 1. The Morgan fingerprint density at radius 2 is 1.86 bits per heavy atom. The molecule has 0 spiro atoms. The fraction of sp³-hybridized carbons (Fsp3) is 0.357. The molecule has 186 valence electrons. The molecular weight excluding hydrogens is 452 g/mol. The van der Waals surface area contributed by atoms with Crippen molar-refractivity contribution in [1.29, 1.82) is 0 Å². The number of hydrogen-bond acceptors (Lipinski definition) is 4. The molecule has 0 fully saturated rings. The highest BCUT2D eigenvalue weighted by atomic mass is 19.3. The summed E-state index contributed by atoms with van der Waals surface area (Å²) >= 11 is 0. The van der Waals surface area contributed by atoms with E-state index in [0.717, 1.165) is 16.8 Å². The van der Waals surface area contributed by atoms with Crippen molar-refractivity contribution < 1.29 is 27.8 Å². The second-order valence-electron chi connectivity index (χ2n) is 9.63. The lowest BCUT2D eigenvalue weighted by molar-refractivity contribution is -0.136. The van der Waals surface area contributed by atoms with E-state index in [1.165, 1.54) is 12.1 Å². The molecular formula is C28H31F2NO4. The van der Waals surface area contributed by atoms with Crippen molar-refractivity contribution in [2.24, 2.45) is 0 Å². The van der Waals surface area contributed by atoms with Crippen LogP contribution in [-0.4, -0.2) is 16.1 Å². The van der Waals surface area contributed by atoms with Crippen molar-refractivity contribution >= 4 is 5.97 Å². The number of carboxylic acids is 1. The van der Waals surface area contributed by atoms with E-state index in [9.17, 15) is 13.6 Å². The fourth-order valence-electron chi connectivity index (χ4n) is 3.74. The molecule has 3 aromatic rings. The van der Waals surface area contributed by atoms with E-state index in [1.807, 2.05) is 52.8 Å². The van der Waals surface area contributed by atoms with Gasteiger partial charge >= 0.3 is 5.97 Å². The molecule has 0 aliphatic carbocycles. The molecule has 1 heterocycles. The summed E-state index contributed by atoms with van der Waals surface area (Å²) in [4.78, 5) is 15.6. The summed E-state index contributed by atoms with van der Waals surface area (Å²) in [7, 11) is 0. The third-order valence-corrected chi connectivity index (χ3v) is 5.74. The van der Waals surface area contributed by atoms with Gasteiger partial charge in [0, 0.05) is 23.0 Å². The molecule has 0 amide bonds. The number of oxazole rings is 1. The van der Waals surface area contributed by atoms with Crippen LogP contribution in [0.5, 0.6) is 5.75 Å². The summed E-state index contributed by atoms with van der Waals surface area (Å²) in [5, 5.41) is 8.92. The average Bonchev–Trinajstić information content (AvgIpc) is 3.25. The molecule has 5 nitrogen and oxygen atoms in total. The standard InChI is InChI=1S/C28H31F2NO4/c1-7-28(29,30)21-12-8-20(9-13-21)26-31-25(27(4,5)6)24(35-26)18(3)34-22-14-10-19(17(2)16-22)11-15-23(32)33/h7-10,12-14,16,18H,1,11,15H2,2-6H3,(H,32,33). The molecule has 2 aromatic carbocycles. The highest BCUT2D eigenvalue weighted by Crippen LogP contribution is 2.36. The Kier molecular flexibility index (Phi) is 7.48. The van der Waals surface area contributed by atoms with Gasteiger partial charge in [-0.1, -0.05) is 45.5 Å². The van der Waals surface area contributed by atoms with Crippen LogP contribution in [0.25, 0.3) is 11.5 Å². The highest BCUT2D eigenvalue weighted by Gasteiger charge is 2.30. The number of halogens is 2. The molecule has 1 N–H and O–H groups in total. The van der Waals surface area contributed by atoms with Crippen LogP contribution in [-0.2, 0) is 22.6 Å². The van der Waals surface area contributed by atoms with Crippen molar-refractivity contribution in [3.05, 3.63) is 83.3 Å². The lowest BCUT2D eigenvalue weighted by Gasteiger charge is -2.20. The van der Waals surface area contributed by atoms with Crippen LogP contribution >= 0.6 is 0 Å². The number of benzene rings is 2. The summed E-state index contributed by atoms with van der Waals surface area (Å²) in [6, 6.07) is 11.3. The maximum atomic E-state index is 13.9. The quantitative estimate of drug-likeness (QED) is 0.321. The number of ether oxygens (including phenoxy) is 1. The van der Waals surface area contributed by atoms with Gasteiger partial charge in [-0.2, -0.15) is 8.78 Å². The minimum absolute atomic E-state index is 0.0689. The van der Waals surface area contributed by atoms with Gasteiger partial charge in [-0.15, -0.1) is 0 Å². The number of alkyl halides is 2. The Morgan fingerprint density at radius 1 is 1.20 bits per heavy atom. The lowest BCUT2D eigenvalue weighted by atomic mass is 9.90. The van der Waals surface area contributed by atoms with Gasteiger partial charge in [0.15, 0.2) is 11.9 Å². The molecule has 0 bridgehead atoms. The summed E-state index contributed by atoms with van der Waals surface area (Å²) in [5.41, 5.74) is 2.70.